The fraction of sp³-hybridized carbons (Fsp3) is 0.350. The maximum atomic E-state index is 11.4. The van der Waals surface area contributed by atoms with Gasteiger partial charge in [0.1, 0.15) is 42.0 Å². The summed E-state index contributed by atoms with van der Waals surface area (Å²) in [7, 11) is 1.31. The van der Waals surface area contributed by atoms with Crippen LogP contribution in [0.5, 0.6) is 11.5 Å². The zero-order valence-corrected chi connectivity index (χ0v) is 15.1. The minimum Gasteiger partial charge on any atom is -0.465 e. The molecule has 0 unspecified atom stereocenters. The van der Waals surface area contributed by atoms with Crippen LogP contribution >= 0.6 is 0 Å². The Bertz CT molecular complexity index is 787. The number of hydrogen-bond acceptors (Lipinski definition) is 8. The normalized spacial score (nSPS) is 27.2. The summed E-state index contributed by atoms with van der Waals surface area (Å²) >= 11 is 0. The van der Waals surface area contributed by atoms with E-state index in [1.807, 2.05) is 0 Å². The number of rotatable bonds is 5. The predicted molar refractivity (Wildman–Crippen MR) is 97.0 cm³/mol. The van der Waals surface area contributed by atoms with E-state index in [-0.39, 0.29) is 0 Å². The van der Waals surface area contributed by atoms with Crippen molar-refractivity contribution in [2.75, 3.05) is 13.7 Å². The maximum Gasteiger partial charge on any atom is 0.337 e. The Morgan fingerprint density at radius 3 is 2.04 bits per heavy atom. The molecule has 0 saturated carbocycles. The summed E-state index contributed by atoms with van der Waals surface area (Å²) < 4.78 is 15.9. The molecule has 8 heteroatoms. The van der Waals surface area contributed by atoms with E-state index < -0.39 is 43.1 Å². The quantitative estimate of drug-likeness (QED) is 0.552. The van der Waals surface area contributed by atoms with E-state index >= 15 is 0 Å². The minimum absolute atomic E-state index is 0.410. The molecule has 4 N–H and O–H groups in total. The zero-order valence-electron chi connectivity index (χ0n) is 15.1. The molecule has 1 heterocycles. The molecule has 0 bridgehead atoms. The summed E-state index contributed by atoms with van der Waals surface area (Å²) in [5.74, 6) is 0.600. The van der Waals surface area contributed by atoms with Crippen molar-refractivity contribution in [3.8, 4) is 11.5 Å². The summed E-state index contributed by atoms with van der Waals surface area (Å²) in [4.78, 5) is 11.4. The number of hydrogen-bond donors (Lipinski definition) is 4. The van der Waals surface area contributed by atoms with Gasteiger partial charge in [-0.2, -0.15) is 0 Å². The highest BCUT2D eigenvalue weighted by Gasteiger charge is 2.43. The van der Waals surface area contributed by atoms with Crippen LogP contribution < -0.4 is 4.74 Å². The largest absolute Gasteiger partial charge is 0.465 e. The van der Waals surface area contributed by atoms with Gasteiger partial charge in [-0.3, -0.25) is 0 Å². The van der Waals surface area contributed by atoms with Gasteiger partial charge >= 0.3 is 5.97 Å². The molecule has 0 radical (unpaired) electrons. The van der Waals surface area contributed by atoms with Crippen LogP contribution in [0.1, 0.15) is 22.0 Å². The molecule has 0 spiro atoms. The lowest BCUT2D eigenvalue weighted by atomic mass is 9.91. The van der Waals surface area contributed by atoms with Crippen LogP contribution in [0, 0.1) is 0 Å². The second kappa shape index (κ2) is 8.68. The van der Waals surface area contributed by atoms with Gasteiger partial charge in [-0.1, -0.05) is 12.1 Å². The first-order chi connectivity index (χ1) is 13.4. The molecular formula is C20H22O8. The molecular weight excluding hydrogens is 368 g/mol. The minimum atomic E-state index is -1.43. The standard InChI is InChI=1S/C20H22O8/c1-26-20(25)12-4-8-14(9-5-12)27-13-6-2-11(3-7-13)19-18(24)17(23)16(22)15(10-21)28-19/h2-9,15-19,21-24H,10H2,1H3/t15-,16-,17+,18-,19-/m1/s1. The van der Waals surface area contributed by atoms with E-state index in [2.05, 4.69) is 4.74 Å². The smallest absolute Gasteiger partial charge is 0.337 e. The number of carbonyl (C=O) groups excluding carboxylic acids is 1. The van der Waals surface area contributed by atoms with Gasteiger partial charge < -0.3 is 34.6 Å². The van der Waals surface area contributed by atoms with Crippen LogP contribution in [-0.4, -0.2) is 64.5 Å². The Kier molecular flexibility index (Phi) is 6.28. The van der Waals surface area contributed by atoms with Gasteiger partial charge in [-0.15, -0.1) is 0 Å². The Balaban J connectivity index is 1.70. The van der Waals surface area contributed by atoms with Crippen molar-refractivity contribution in [1.29, 1.82) is 0 Å². The van der Waals surface area contributed by atoms with E-state index in [0.29, 0.717) is 22.6 Å². The number of aliphatic hydroxyl groups excluding tert-OH is 4. The lowest BCUT2D eigenvalue weighted by Crippen LogP contribution is -2.55. The van der Waals surface area contributed by atoms with Crippen LogP contribution in [0.4, 0.5) is 0 Å². The molecule has 2 aromatic rings. The van der Waals surface area contributed by atoms with E-state index in [9.17, 15) is 25.2 Å². The van der Waals surface area contributed by atoms with Crippen molar-refractivity contribution in [1.82, 2.24) is 0 Å². The fourth-order valence-electron chi connectivity index (χ4n) is 3.02. The third-order valence-corrected chi connectivity index (χ3v) is 4.61. The Hall–Kier alpha value is -2.49. The van der Waals surface area contributed by atoms with Crippen LogP contribution in [0.15, 0.2) is 48.5 Å². The van der Waals surface area contributed by atoms with Gasteiger partial charge in [0.2, 0.25) is 0 Å². The lowest BCUT2D eigenvalue weighted by Gasteiger charge is -2.40. The summed E-state index contributed by atoms with van der Waals surface area (Å²) in [6.45, 7) is -0.482. The number of methoxy groups -OCH3 is 1. The molecule has 1 saturated heterocycles. The van der Waals surface area contributed by atoms with Gasteiger partial charge in [-0.25, -0.2) is 4.79 Å². The molecule has 0 aromatic heterocycles. The van der Waals surface area contributed by atoms with E-state index in [4.69, 9.17) is 9.47 Å². The third kappa shape index (κ3) is 4.16. The number of carbonyl (C=O) groups is 1. The average Bonchev–Trinajstić information content (AvgIpc) is 2.73. The summed E-state index contributed by atoms with van der Waals surface area (Å²) in [6.07, 6.45) is -6.03. The third-order valence-electron chi connectivity index (χ3n) is 4.61. The SMILES string of the molecule is COC(=O)c1ccc(Oc2ccc([C@H]3O[C@H](CO)[C@@H](O)[C@H](O)[C@H]3O)cc2)cc1. The van der Waals surface area contributed by atoms with Crippen molar-refractivity contribution < 1.29 is 39.4 Å². The van der Waals surface area contributed by atoms with Crippen molar-refractivity contribution >= 4 is 5.97 Å². The average molecular weight is 390 g/mol. The van der Waals surface area contributed by atoms with Gasteiger partial charge in [0, 0.05) is 0 Å². The molecule has 1 aliphatic heterocycles. The second-order valence-corrected chi connectivity index (χ2v) is 6.44. The maximum absolute atomic E-state index is 11.4. The van der Waals surface area contributed by atoms with Crippen LogP contribution in [0.25, 0.3) is 0 Å². The highest BCUT2D eigenvalue weighted by Crippen LogP contribution is 2.33. The van der Waals surface area contributed by atoms with Crippen molar-refractivity contribution in [3.63, 3.8) is 0 Å². The van der Waals surface area contributed by atoms with Crippen LogP contribution in [0.2, 0.25) is 0 Å². The first kappa shape index (κ1) is 20.2. The molecule has 5 atom stereocenters. The van der Waals surface area contributed by atoms with Crippen molar-refractivity contribution in [2.24, 2.45) is 0 Å². The number of esters is 1. The fourth-order valence-corrected chi connectivity index (χ4v) is 3.02. The molecule has 3 rings (SSSR count). The second-order valence-electron chi connectivity index (χ2n) is 6.44. The van der Waals surface area contributed by atoms with Crippen molar-refractivity contribution in [2.45, 2.75) is 30.5 Å². The van der Waals surface area contributed by atoms with Crippen LogP contribution in [-0.2, 0) is 9.47 Å². The molecule has 8 nitrogen and oxygen atoms in total. The van der Waals surface area contributed by atoms with E-state index in [0.717, 1.165) is 0 Å². The topological polar surface area (TPSA) is 126 Å². The number of benzene rings is 2. The summed E-state index contributed by atoms with van der Waals surface area (Å²) in [6, 6.07) is 13.1. The molecule has 1 fully saturated rings. The number of aliphatic hydroxyl groups is 4. The highest BCUT2D eigenvalue weighted by molar-refractivity contribution is 5.89. The molecule has 0 aliphatic carbocycles. The molecule has 2 aromatic carbocycles. The Morgan fingerprint density at radius 1 is 0.929 bits per heavy atom. The van der Waals surface area contributed by atoms with E-state index in [1.165, 1.54) is 7.11 Å². The highest BCUT2D eigenvalue weighted by atomic mass is 16.5. The summed E-state index contributed by atoms with van der Waals surface area (Å²) in [5.41, 5.74) is 0.970. The van der Waals surface area contributed by atoms with Crippen LogP contribution in [0.3, 0.4) is 0 Å². The van der Waals surface area contributed by atoms with Gasteiger partial charge in [0.25, 0.3) is 0 Å². The Morgan fingerprint density at radius 2 is 1.50 bits per heavy atom. The number of ether oxygens (including phenoxy) is 3. The predicted octanol–water partition coefficient (Wildman–Crippen LogP) is 0.780. The molecule has 1 aliphatic rings. The van der Waals surface area contributed by atoms with Gasteiger partial charge in [-0.05, 0) is 42.0 Å². The monoisotopic (exact) mass is 390 g/mol. The summed E-state index contributed by atoms with van der Waals surface area (Å²) in [5, 5.41) is 39.2. The zero-order chi connectivity index (χ0) is 20.3. The molecule has 28 heavy (non-hydrogen) atoms. The van der Waals surface area contributed by atoms with Gasteiger partial charge in [0.05, 0.1) is 19.3 Å². The first-order valence-corrected chi connectivity index (χ1v) is 8.71. The van der Waals surface area contributed by atoms with E-state index in [1.54, 1.807) is 48.5 Å². The Labute approximate surface area is 161 Å². The van der Waals surface area contributed by atoms with Crippen molar-refractivity contribution in [3.05, 3.63) is 59.7 Å². The first-order valence-electron chi connectivity index (χ1n) is 8.71. The van der Waals surface area contributed by atoms with Gasteiger partial charge in [0.15, 0.2) is 0 Å². The molecule has 0 amide bonds. The lowest BCUT2D eigenvalue weighted by molar-refractivity contribution is -0.231. The molecule has 150 valence electrons.